The molecule has 1 unspecified atom stereocenters. The average Bonchev–Trinajstić information content (AvgIpc) is 2.14. The van der Waals surface area contributed by atoms with Gasteiger partial charge in [-0.1, -0.05) is 17.7 Å². The second-order valence-corrected chi connectivity index (χ2v) is 4.05. The Morgan fingerprint density at radius 2 is 2.13 bits per heavy atom. The van der Waals surface area contributed by atoms with Gasteiger partial charge in [0.05, 0.1) is 6.10 Å². The SMILES string of the molecule is CC(NC[C@H](C)O)c1ccc(F)cc1Cl. The highest BCUT2D eigenvalue weighted by Gasteiger charge is 2.10. The van der Waals surface area contributed by atoms with Crippen molar-refractivity contribution >= 4 is 11.6 Å². The predicted octanol–water partition coefficient (Wildman–Crippen LogP) is 2.51. The molecule has 2 nitrogen and oxygen atoms in total. The van der Waals surface area contributed by atoms with Crippen LogP contribution in [0.25, 0.3) is 0 Å². The van der Waals surface area contributed by atoms with E-state index in [1.165, 1.54) is 12.1 Å². The third-order valence-corrected chi connectivity index (χ3v) is 2.48. The van der Waals surface area contributed by atoms with E-state index < -0.39 is 6.10 Å². The van der Waals surface area contributed by atoms with Crippen LogP contribution in [0.1, 0.15) is 25.5 Å². The largest absolute Gasteiger partial charge is 0.392 e. The first-order valence-electron chi connectivity index (χ1n) is 4.87. The van der Waals surface area contributed by atoms with Gasteiger partial charge in [-0.3, -0.25) is 0 Å². The van der Waals surface area contributed by atoms with Gasteiger partial charge in [-0.15, -0.1) is 0 Å². The van der Waals surface area contributed by atoms with Crippen LogP contribution in [-0.4, -0.2) is 17.8 Å². The summed E-state index contributed by atoms with van der Waals surface area (Å²) < 4.78 is 12.8. The molecule has 1 aromatic carbocycles. The first-order chi connectivity index (χ1) is 7.00. The van der Waals surface area contributed by atoms with Crippen LogP contribution in [0.5, 0.6) is 0 Å². The molecule has 0 aliphatic heterocycles. The van der Waals surface area contributed by atoms with Crippen molar-refractivity contribution in [3.8, 4) is 0 Å². The van der Waals surface area contributed by atoms with E-state index in [2.05, 4.69) is 5.32 Å². The minimum Gasteiger partial charge on any atom is -0.392 e. The van der Waals surface area contributed by atoms with E-state index >= 15 is 0 Å². The second-order valence-electron chi connectivity index (χ2n) is 3.64. The quantitative estimate of drug-likeness (QED) is 0.835. The molecule has 0 spiro atoms. The van der Waals surface area contributed by atoms with Crippen molar-refractivity contribution in [2.24, 2.45) is 0 Å². The highest BCUT2D eigenvalue weighted by Crippen LogP contribution is 2.23. The van der Waals surface area contributed by atoms with Gasteiger partial charge in [-0.05, 0) is 31.5 Å². The molecule has 0 radical (unpaired) electrons. The molecule has 4 heteroatoms. The third kappa shape index (κ3) is 3.78. The summed E-state index contributed by atoms with van der Waals surface area (Å²) in [6.45, 7) is 4.10. The van der Waals surface area contributed by atoms with Gasteiger partial charge >= 0.3 is 0 Å². The van der Waals surface area contributed by atoms with Crippen molar-refractivity contribution in [1.82, 2.24) is 5.32 Å². The highest BCUT2D eigenvalue weighted by atomic mass is 35.5. The summed E-state index contributed by atoms with van der Waals surface area (Å²) in [6, 6.07) is 4.31. The van der Waals surface area contributed by atoms with Crippen molar-refractivity contribution in [2.75, 3.05) is 6.54 Å². The van der Waals surface area contributed by atoms with E-state index in [0.29, 0.717) is 11.6 Å². The van der Waals surface area contributed by atoms with Gasteiger partial charge in [0, 0.05) is 17.6 Å². The number of halogens is 2. The van der Waals surface area contributed by atoms with Gasteiger partial charge in [-0.25, -0.2) is 4.39 Å². The third-order valence-electron chi connectivity index (χ3n) is 2.15. The van der Waals surface area contributed by atoms with E-state index in [4.69, 9.17) is 16.7 Å². The zero-order valence-electron chi connectivity index (χ0n) is 8.80. The number of aliphatic hydroxyl groups is 1. The Bertz CT molecular complexity index is 330. The molecular weight excluding hydrogens is 217 g/mol. The zero-order chi connectivity index (χ0) is 11.4. The summed E-state index contributed by atoms with van der Waals surface area (Å²) in [4.78, 5) is 0. The fourth-order valence-corrected chi connectivity index (χ4v) is 1.64. The van der Waals surface area contributed by atoms with Crippen LogP contribution in [-0.2, 0) is 0 Å². The van der Waals surface area contributed by atoms with Crippen LogP contribution in [0.15, 0.2) is 18.2 Å². The summed E-state index contributed by atoms with van der Waals surface area (Å²) in [6.07, 6.45) is -0.410. The summed E-state index contributed by atoms with van der Waals surface area (Å²) in [5, 5.41) is 12.6. The van der Waals surface area contributed by atoms with Crippen LogP contribution in [0.3, 0.4) is 0 Å². The topological polar surface area (TPSA) is 32.3 Å². The van der Waals surface area contributed by atoms with Gasteiger partial charge in [0.25, 0.3) is 0 Å². The second kappa shape index (κ2) is 5.45. The van der Waals surface area contributed by atoms with Crippen LogP contribution in [0.2, 0.25) is 5.02 Å². The monoisotopic (exact) mass is 231 g/mol. The smallest absolute Gasteiger partial charge is 0.124 e. The molecule has 84 valence electrons. The Balaban J connectivity index is 2.69. The molecule has 0 heterocycles. The van der Waals surface area contributed by atoms with E-state index in [0.717, 1.165) is 5.56 Å². The standard InChI is InChI=1S/C11H15ClFNO/c1-7(15)6-14-8(2)10-4-3-9(13)5-11(10)12/h3-5,7-8,14-15H,6H2,1-2H3/t7-,8?/m0/s1. The van der Waals surface area contributed by atoms with Gasteiger partial charge in [0.1, 0.15) is 5.82 Å². The van der Waals surface area contributed by atoms with Crippen molar-refractivity contribution in [2.45, 2.75) is 26.0 Å². The number of nitrogens with one attached hydrogen (secondary N) is 1. The number of rotatable bonds is 4. The number of aliphatic hydroxyl groups excluding tert-OH is 1. The normalized spacial score (nSPS) is 15.0. The molecule has 0 aliphatic carbocycles. The van der Waals surface area contributed by atoms with Gasteiger partial charge in [0.2, 0.25) is 0 Å². The zero-order valence-corrected chi connectivity index (χ0v) is 9.55. The minimum atomic E-state index is -0.410. The Morgan fingerprint density at radius 1 is 1.47 bits per heavy atom. The fraction of sp³-hybridized carbons (Fsp3) is 0.455. The van der Waals surface area contributed by atoms with Crippen molar-refractivity contribution < 1.29 is 9.50 Å². The molecule has 0 aliphatic rings. The van der Waals surface area contributed by atoms with E-state index in [1.54, 1.807) is 13.0 Å². The van der Waals surface area contributed by atoms with E-state index in [1.807, 2.05) is 6.92 Å². The van der Waals surface area contributed by atoms with Crippen LogP contribution in [0.4, 0.5) is 4.39 Å². The molecule has 1 rings (SSSR count). The average molecular weight is 232 g/mol. The van der Waals surface area contributed by atoms with Gasteiger partial charge < -0.3 is 10.4 Å². The highest BCUT2D eigenvalue weighted by molar-refractivity contribution is 6.31. The lowest BCUT2D eigenvalue weighted by Crippen LogP contribution is -2.27. The molecule has 0 amide bonds. The van der Waals surface area contributed by atoms with Crippen LogP contribution in [0, 0.1) is 5.82 Å². The van der Waals surface area contributed by atoms with Crippen LogP contribution < -0.4 is 5.32 Å². The molecule has 15 heavy (non-hydrogen) atoms. The lowest BCUT2D eigenvalue weighted by molar-refractivity contribution is 0.187. The molecule has 0 aromatic heterocycles. The molecular formula is C11H15ClFNO. The molecule has 2 N–H and O–H groups in total. The van der Waals surface area contributed by atoms with E-state index in [-0.39, 0.29) is 11.9 Å². The molecule has 2 atom stereocenters. The lowest BCUT2D eigenvalue weighted by atomic mass is 10.1. The first-order valence-corrected chi connectivity index (χ1v) is 5.25. The number of hydrogen-bond acceptors (Lipinski definition) is 2. The molecule has 0 bridgehead atoms. The summed E-state index contributed by atoms with van der Waals surface area (Å²) in [7, 11) is 0. The van der Waals surface area contributed by atoms with Crippen molar-refractivity contribution in [1.29, 1.82) is 0 Å². The van der Waals surface area contributed by atoms with Crippen molar-refractivity contribution in [3.63, 3.8) is 0 Å². The molecule has 0 fully saturated rings. The maximum absolute atomic E-state index is 12.8. The Labute approximate surface area is 94.1 Å². The molecule has 0 saturated heterocycles. The van der Waals surface area contributed by atoms with E-state index in [9.17, 15) is 4.39 Å². The fourth-order valence-electron chi connectivity index (χ4n) is 1.31. The Hall–Kier alpha value is -0.640. The minimum absolute atomic E-state index is 0.00676. The summed E-state index contributed by atoms with van der Waals surface area (Å²) in [5.74, 6) is -0.341. The van der Waals surface area contributed by atoms with Gasteiger partial charge in [0.15, 0.2) is 0 Å². The summed E-state index contributed by atoms with van der Waals surface area (Å²) in [5.41, 5.74) is 0.832. The number of benzene rings is 1. The lowest BCUT2D eigenvalue weighted by Gasteiger charge is -2.16. The Kier molecular flexibility index (Phi) is 4.51. The maximum atomic E-state index is 12.8. The predicted molar refractivity (Wildman–Crippen MR) is 59.5 cm³/mol. The first kappa shape index (κ1) is 12.4. The van der Waals surface area contributed by atoms with Crippen molar-refractivity contribution in [3.05, 3.63) is 34.6 Å². The maximum Gasteiger partial charge on any atom is 0.124 e. The van der Waals surface area contributed by atoms with Gasteiger partial charge in [-0.2, -0.15) is 0 Å². The Morgan fingerprint density at radius 3 is 2.67 bits per heavy atom. The molecule has 0 saturated carbocycles. The van der Waals surface area contributed by atoms with Crippen LogP contribution >= 0.6 is 11.6 Å². The molecule has 1 aromatic rings. The number of hydrogen-bond donors (Lipinski definition) is 2. The summed E-state index contributed by atoms with van der Waals surface area (Å²) >= 11 is 5.90.